The van der Waals surface area contributed by atoms with E-state index in [4.69, 9.17) is 9.47 Å². The van der Waals surface area contributed by atoms with E-state index in [0.717, 1.165) is 17.1 Å². The Labute approximate surface area is 125 Å². The summed E-state index contributed by atoms with van der Waals surface area (Å²) < 4.78 is 12.7. The van der Waals surface area contributed by atoms with E-state index in [2.05, 4.69) is 24.3 Å². The third kappa shape index (κ3) is 3.19. The molecule has 5 heteroatoms. The van der Waals surface area contributed by atoms with Gasteiger partial charge in [-0.15, -0.1) is 0 Å². The molecule has 0 spiro atoms. The molecule has 0 amide bonds. The number of nitrogens with zero attached hydrogens (tertiary/aromatic N) is 2. The number of benzene rings is 1. The van der Waals surface area contributed by atoms with Gasteiger partial charge in [0.25, 0.3) is 0 Å². The van der Waals surface area contributed by atoms with Crippen LogP contribution in [0, 0.1) is 6.92 Å². The maximum Gasteiger partial charge on any atom is 0.165 e. The Balaban J connectivity index is 2.11. The summed E-state index contributed by atoms with van der Waals surface area (Å²) in [4.78, 5) is 0. The zero-order valence-electron chi connectivity index (χ0n) is 13.3. The lowest BCUT2D eigenvalue weighted by molar-refractivity contribution is 0.350. The zero-order chi connectivity index (χ0) is 15.4. The minimum absolute atomic E-state index is 0.217. The van der Waals surface area contributed by atoms with E-state index < -0.39 is 0 Å². The molecule has 1 atom stereocenters. The van der Waals surface area contributed by atoms with E-state index in [1.165, 1.54) is 11.3 Å². The lowest BCUT2D eigenvalue weighted by Gasteiger charge is -2.16. The Morgan fingerprint density at radius 3 is 2.62 bits per heavy atom. The molecule has 1 heterocycles. The quantitative estimate of drug-likeness (QED) is 0.888. The maximum absolute atomic E-state index is 5.45. The Morgan fingerprint density at radius 1 is 1.29 bits per heavy atom. The molecular formula is C16H23N3O2. The van der Waals surface area contributed by atoms with Crippen molar-refractivity contribution in [3.63, 3.8) is 0 Å². The van der Waals surface area contributed by atoms with Gasteiger partial charge < -0.3 is 14.8 Å². The van der Waals surface area contributed by atoms with Gasteiger partial charge in [-0.2, -0.15) is 5.10 Å². The molecule has 5 nitrogen and oxygen atoms in total. The fraction of sp³-hybridized carbons (Fsp3) is 0.438. The summed E-state index contributed by atoms with van der Waals surface area (Å²) in [5, 5.41) is 7.79. The van der Waals surface area contributed by atoms with E-state index >= 15 is 0 Å². The van der Waals surface area contributed by atoms with Gasteiger partial charge in [0.15, 0.2) is 11.5 Å². The molecule has 0 fully saturated rings. The van der Waals surface area contributed by atoms with Crippen molar-refractivity contribution in [1.82, 2.24) is 15.1 Å². The molecule has 0 aliphatic heterocycles. The second-order valence-corrected chi connectivity index (χ2v) is 5.06. The number of aromatic nitrogens is 2. The molecule has 1 unspecified atom stereocenters. The van der Waals surface area contributed by atoms with Crippen LogP contribution in [0.25, 0.3) is 0 Å². The highest BCUT2D eigenvalue weighted by Crippen LogP contribution is 2.31. The van der Waals surface area contributed by atoms with Gasteiger partial charge in [-0.1, -0.05) is 12.1 Å². The van der Waals surface area contributed by atoms with E-state index in [1.807, 2.05) is 36.1 Å². The number of para-hydroxylation sites is 1. The van der Waals surface area contributed by atoms with Crippen LogP contribution in [0.2, 0.25) is 0 Å². The Morgan fingerprint density at radius 2 is 2.05 bits per heavy atom. The zero-order valence-corrected chi connectivity index (χ0v) is 13.3. The van der Waals surface area contributed by atoms with Gasteiger partial charge in [0.2, 0.25) is 0 Å². The van der Waals surface area contributed by atoms with Crippen LogP contribution in [-0.2, 0) is 13.6 Å². The Bertz CT molecular complexity index is 608. The summed E-state index contributed by atoms with van der Waals surface area (Å²) in [6.07, 6.45) is 1.91. The number of aryl methyl sites for hydroxylation is 1. The predicted molar refractivity (Wildman–Crippen MR) is 82.7 cm³/mol. The predicted octanol–water partition coefficient (Wildman–Crippen LogP) is 2.60. The fourth-order valence-electron chi connectivity index (χ4n) is 2.41. The summed E-state index contributed by atoms with van der Waals surface area (Å²) >= 11 is 0. The van der Waals surface area contributed by atoms with Crippen LogP contribution in [0.4, 0.5) is 0 Å². The first-order valence-electron chi connectivity index (χ1n) is 7.00. The molecule has 0 aliphatic carbocycles. The SMILES string of the molecule is COc1cccc(CNC(C)c2cnn(C)c2C)c1OC. The number of rotatable bonds is 6. The van der Waals surface area contributed by atoms with E-state index in [1.54, 1.807) is 14.2 Å². The topological polar surface area (TPSA) is 48.3 Å². The van der Waals surface area contributed by atoms with Crippen LogP contribution in [-0.4, -0.2) is 24.0 Å². The Hall–Kier alpha value is -2.01. The van der Waals surface area contributed by atoms with Gasteiger partial charge in [-0.05, 0) is 19.9 Å². The van der Waals surface area contributed by atoms with Crippen LogP contribution in [0.1, 0.15) is 29.8 Å². The molecule has 114 valence electrons. The minimum atomic E-state index is 0.217. The largest absolute Gasteiger partial charge is 0.493 e. The first-order valence-corrected chi connectivity index (χ1v) is 7.00. The summed E-state index contributed by atoms with van der Waals surface area (Å²) in [7, 11) is 5.27. The second-order valence-electron chi connectivity index (χ2n) is 5.06. The van der Waals surface area contributed by atoms with Crippen LogP contribution < -0.4 is 14.8 Å². The van der Waals surface area contributed by atoms with Crippen molar-refractivity contribution < 1.29 is 9.47 Å². The molecule has 0 saturated carbocycles. The highest BCUT2D eigenvalue weighted by Gasteiger charge is 2.14. The molecule has 1 aromatic heterocycles. The van der Waals surface area contributed by atoms with Crippen LogP contribution in [0.5, 0.6) is 11.5 Å². The molecule has 1 N–H and O–H groups in total. The van der Waals surface area contributed by atoms with Crippen molar-refractivity contribution in [2.75, 3.05) is 14.2 Å². The molecule has 21 heavy (non-hydrogen) atoms. The monoisotopic (exact) mass is 289 g/mol. The van der Waals surface area contributed by atoms with Crippen LogP contribution >= 0.6 is 0 Å². The van der Waals surface area contributed by atoms with Gasteiger partial charge in [0.1, 0.15) is 0 Å². The van der Waals surface area contributed by atoms with Crippen molar-refractivity contribution in [2.24, 2.45) is 7.05 Å². The Kier molecular flexibility index (Phi) is 4.85. The molecule has 2 rings (SSSR count). The van der Waals surface area contributed by atoms with E-state index in [0.29, 0.717) is 6.54 Å². The normalized spacial score (nSPS) is 12.2. The highest BCUT2D eigenvalue weighted by atomic mass is 16.5. The third-order valence-electron chi connectivity index (χ3n) is 3.82. The molecule has 0 bridgehead atoms. The maximum atomic E-state index is 5.45. The average Bonchev–Trinajstić information content (AvgIpc) is 2.84. The number of methoxy groups -OCH3 is 2. The van der Waals surface area contributed by atoms with Crippen molar-refractivity contribution in [1.29, 1.82) is 0 Å². The smallest absolute Gasteiger partial charge is 0.165 e. The number of ether oxygens (including phenoxy) is 2. The van der Waals surface area contributed by atoms with Crippen molar-refractivity contribution in [2.45, 2.75) is 26.4 Å². The number of hydrogen-bond acceptors (Lipinski definition) is 4. The first-order chi connectivity index (χ1) is 10.1. The standard InChI is InChI=1S/C16H23N3O2/c1-11(14-10-18-19(3)12(14)2)17-9-13-7-6-8-15(20-4)16(13)21-5/h6-8,10-11,17H,9H2,1-5H3. The van der Waals surface area contributed by atoms with Gasteiger partial charge >= 0.3 is 0 Å². The van der Waals surface area contributed by atoms with Gasteiger partial charge in [-0.25, -0.2) is 0 Å². The average molecular weight is 289 g/mol. The van der Waals surface area contributed by atoms with Gasteiger partial charge in [0, 0.05) is 36.5 Å². The summed E-state index contributed by atoms with van der Waals surface area (Å²) in [6, 6.07) is 6.13. The van der Waals surface area contributed by atoms with Gasteiger partial charge in [0.05, 0.1) is 20.4 Å². The number of nitrogens with one attached hydrogen (secondary N) is 1. The first kappa shape index (κ1) is 15.4. The lowest BCUT2D eigenvalue weighted by Crippen LogP contribution is -2.19. The van der Waals surface area contributed by atoms with Gasteiger partial charge in [-0.3, -0.25) is 4.68 Å². The molecular weight excluding hydrogens is 266 g/mol. The third-order valence-corrected chi connectivity index (χ3v) is 3.82. The fourth-order valence-corrected chi connectivity index (χ4v) is 2.41. The van der Waals surface area contributed by atoms with Crippen molar-refractivity contribution in [3.05, 3.63) is 41.2 Å². The highest BCUT2D eigenvalue weighted by molar-refractivity contribution is 5.46. The minimum Gasteiger partial charge on any atom is -0.493 e. The molecule has 0 saturated heterocycles. The summed E-state index contributed by atoms with van der Waals surface area (Å²) in [5.41, 5.74) is 3.46. The molecule has 0 aliphatic rings. The van der Waals surface area contributed by atoms with E-state index in [9.17, 15) is 0 Å². The molecule has 1 aromatic carbocycles. The summed E-state index contributed by atoms with van der Waals surface area (Å²) in [5.74, 6) is 1.53. The van der Waals surface area contributed by atoms with Crippen molar-refractivity contribution in [3.8, 4) is 11.5 Å². The molecule has 0 radical (unpaired) electrons. The van der Waals surface area contributed by atoms with Crippen LogP contribution in [0.15, 0.2) is 24.4 Å². The van der Waals surface area contributed by atoms with Crippen molar-refractivity contribution >= 4 is 0 Å². The summed E-state index contributed by atoms with van der Waals surface area (Å²) in [6.45, 7) is 4.92. The van der Waals surface area contributed by atoms with Crippen LogP contribution in [0.3, 0.4) is 0 Å². The lowest BCUT2D eigenvalue weighted by atomic mass is 10.1. The second kappa shape index (κ2) is 6.63. The molecule has 2 aromatic rings. The number of hydrogen-bond donors (Lipinski definition) is 1. The van der Waals surface area contributed by atoms with E-state index in [-0.39, 0.29) is 6.04 Å².